The largest absolute Gasteiger partial charge is 0.451 e. The van der Waals surface area contributed by atoms with Crippen LogP contribution in [0.5, 0.6) is 0 Å². The van der Waals surface area contributed by atoms with Gasteiger partial charge in [-0.3, -0.25) is 9.59 Å². The number of aromatic nitrogens is 2. The number of unbranched alkanes of at least 4 members (excludes halogenated alkanes) is 1. The number of ether oxygens (including phenoxy) is 1. The van der Waals surface area contributed by atoms with E-state index in [4.69, 9.17) is 4.74 Å². The molecule has 2 aliphatic rings. The molecule has 7 nitrogen and oxygen atoms in total. The number of carbonyl (C=O) groups is 2. The molecule has 0 N–H and O–H groups in total. The molecule has 0 unspecified atom stereocenters. The Hall–Kier alpha value is -2.18. The normalized spacial score (nSPS) is 18.2. The first-order valence-corrected chi connectivity index (χ1v) is 11.7. The van der Waals surface area contributed by atoms with Gasteiger partial charge in [0.25, 0.3) is 11.5 Å². The predicted molar refractivity (Wildman–Crippen MR) is 114 cm³/mol. The Morgan fingerprint density at radius 2 is 1.63 bits per heavy atom. The maximum atomic E-state index is 13.1. The van der Waals surface area contributed by atoms with Gasteiger partial charge in [-0.05, 0) is 38.2 Å². The first kappa shape index (κ1) is 22.5. The van der Waals surface area contributed by atoms with E-state index in [-0.39, 0.29) is 35.9 Å². The lowest BCUT2D eigenvalue weighted by Gasteiger charge is -2.41. The van der Waals surface area contributed by atoms with Crippen molar-refractivity contribution in [2.45, 2.75) is 103 Å². The van der Waals surface area contributed by atoms with Crippen LogP contribution in [0.3, 0.4) is 0 Å². The van der Waals surface area contributed by atoms with Gasteiger partial charge in [0.2, 0.25) is 0 Å². The quantitative estimate of drug-likeness (QED) is 0.603. The van der Waals surface area contributed by atoms with Gasteiger partial charge in [0.15, 0.2) is 12.3 Å². The Morgan fingerprint density at radius 3 is 2.20 bits per heavy atom. The Balaban J connectivity index is 1.64. The van der Waals surface area contributed by atoms with Crippen LogP contribution in [0.1, 0.15) is 94.5 Å². The van der Waals surface area contributed by atoms with Crippen LogP contribution < -0.4 is 5.56 Å². The Kier molecular flexibility index (Phi) is 8.46. The average molecular weight is 418 g/mol. The number of amides is 1. The molecule has 1 heterocycles. The molecule has 2 aliphatic carbocycles. The van der Waals surface area contributed by atoms with Gasteiger partial charge in [-0.15, -0.1) is 0 Å². The fraction of sp³-hybridized carbons (Fsp3) is 0.739. The van der Waals surface area contributed by atoms with Crippen LogP contribution in [-0.4, -0.2) is 45.2 Å². The van der Waals surface area contributed by atoms with E-state index in [0.29, 0.717) is 6.54 Å². The highest BCUT2D eigenvalue weighted by molar-refractivity contribution is 5.89. The molecule has 7 heteroatoms. The van der Waals surface area contributed by atoms with Crippen molar-refractivity contribution in [3.63, 3.8) is 0 Å². The molecule has 0 aromatic carbocycles. The van der Waals surface area contributed by atoms with Gasteiger partial charge in [0.1, 0.15) is 0 Å². The van der Waals surface area contributed by atoms with Crippen LogP contribution in [0.15, 0.2) is 16.9 Å². The zero-order chi connectivity index (χ0) is 21.3. The summed E-state index contributed by atoms with van der Waals surface area (Å²) in [5.41, 5.74) is -0.169. The van der Waals surface area contributed by atoms with E-state index in [1.807, 2.05) is 11.8 Å². The van der Waals surface area contributed by atoms with Gasteiger partial charge in [-0.2, -0.15) is 5.10 Å². The number of hydrogen-bond acceptors (Lipinski definition) is 5. The number of aryl methyl sites for hydroxylation is 1. The van der Waals surface area contributed by atoms with E-state index in [9.17, 15) is 14.4 Å². The molecule has 30 heavy (non-hydrogen) atoms. The first-order valence-electron chi connectivity index (χ1n) is 11.7. The molecular formula is C23H35N3O4. The monoisotopic (exact) mass is 417 g/mol. The van der Waals surface area contributed by atoms with Crippen LogP contribution in [0.2, 0.25) is 0 Å². The van der Waals surface area contributed by atoms with E-state index in [2.05, 4.69) is 5.10 Å². The van der Waals surface area contributed by atoms with Crippen LogP contribution in [0, 0.1) is 0 Å². The third kappa shape index (κ3) is 5.92. The number of hydrogen-bond donors (Lipinski definition) is 0. The molecule has 3 rings (SSSR count). The van der Waals surface area contributed by atoms with Gasteiger partial charge in [0.05, 0.1) is 0 Å². The summed E-state index contributed by atoms with van der Waals surface area (Å²) in [4.78, 5) is 39.5. The molecule has 0 radical (unpaired) electrons. The van der Waals surface area contributed by atoms with Gasteiger partial charge in [-0.25, -0.2) is 9.48 Å². The summed E-state index contributed by atoms with van der Waals surface area (Å²) in [5.74, 6) is -0.748. The Labute approximate surface area is 178 Å². The third-order valence-corrected chi connectivity index (χ3v) is 6.35. The topological polar surface area (TPSA) is 81.5 Å². The van der Waals surface area contributed by atoms with Crippen LogP contribution in [-0.2, 0) is 16.1 Å². The van der Waals surface area contributed by atoms with Crippen LogP contribution >= 0.6 is 0 Å². The Bertz CT molecular complexity index is 746. The second-order valence-electron chi connectivity index (χ2n) is 8.59. The summed E-state index contributed by atoms with van der Waals surface area (Å²) in [5, 5.41) is 4.12. The molecule has 0 spiro atoms. The van der Waals surface area contributed by atoms with E-state index in [1.54, 1.807) is 0 Å². The van der Waals surface area contributed by atoms with Crippen molar-refractivity contribution in [1.29, 1.82) is 0 Å². The van der Waals surface area contributed by atoms with E-state index >= 15 is 0 Å². The van der Waals surface area contributed by atoms with Crippen molar-refractivity contribution in [3.8, 4) is 0 Å². The van der Waals surface area contributed by atoms with Crippen molar-refractivity contribution >= 4 is 11.9 Å². The van der Waals surface area contributed by atoms with E-state index in [1.165, 1.54) is 29.7 Å². The summed E-state index contributed by atoms with van der Waals surface area (Å²) < 4.78 is 6.63. The molecule has 0 saturated heterocycles. The number of esters is 1. The molecule has 0 aliphatic heterocycles. The maximum absolute atomic E-state index is 13.1. The number of nitrogens with zero attached hydrogens (tertiary/aromatic N) is 3. The number of carbonyl (C=O) groups excluding carboxylic acids is 2. The number of rotatable bonds is 8. The maximum Gasteiger partial charge on any atom is 0.359 e. The Morgan fingerprint density at radius 1 is 1.03 bits per heavy atom. The van der Waals surface area contributed by atoms with Gasteiger partial charge in [0, 0.05) is 24.7 Å². The highest BCUT2D eigenvalue weighted by Crippen LogP contribution is 2.30. The predicted octanol–water partition coefficient (Wildman–Crippen LogP) is 3.69. The summed E-state index contributed by atoms with van der Waals surface area (Å²) in [7, 11) is 0. The molecular weight excluding hydrogens is 382 g/mol. The molecule has 0 atom stereocenters. The smallest absolute Gasteiger partial charge is 0.359 e. The van der Waals surface area contributed by atoms with Crippen molar-refractivity contribution in [2.24, 2.45) is 0 Å². The van der Waals surface area contributed by atoms with Crippen molar-refractivity contribution in [2.75, 3.05) is 6.61 Å². The molecule has 1 aromatic heterocycles. The fourth-order valence-electron chi connectivity index (χ4n) is 4.73. The summed E-state index contributed by atoms with van der Waals surface area (Å²) in [6, 6.07) is 3.24. The van der Waals surface area contributed by atoms with E-state index < -0.39 is 5.97 Å². The molecule has 1 aromatic rings. The second kappa shape index (κ2) is 11.3. The lowest BCUT2D eigenvalue weighted by molar-refractivity contribution is -0.141. The lowest BCUT2D eigenvalue weighted by Crippen LogP contribution is -2.50. The lowest BCUT2D eigenvalue weighted by atomic mass is 9.88. The standard InChI is InChI=1S/C23H35N3O4/c1-2-3-16-25-21(27)15-14-20(24-25)23(29)30-17-22(28)26(18-10-6-4-7-11-18)19-12-8-5-9-13-19/h14-15,18-19H,2-13,16-17H2,1H3. The second-order valence-corrected chi connectivity index (χ2v) is 8.59. The fourth-order valence-corrected chi connectivity index (χ4v) is 4.73. The zero-order valence-electron chi connectivity index (χ0n) is 18.2. The highest BCUT2D eigenvalue weighted by atomic mass is 16.5. The van der Waals surface area contributed by atoms with Crippen LogP contribution in [0.25, 0.3) is 0 Å². The summed E-state index contributed by atoms with van der Waals surface area (Å²) in [6.45, 7) is 2.23. The van der Waals surface area contributed by atoms with Gasteiger partial charge < -0.3 is 9.64 Å². The minimum absolute atomic E-state index is 0.0698. The average Bonchev–Trinajstić information content (AvgIpc) is 2.78. The summed E-state index contributed by atoms with van der Waals surface area (Å²) >= 11 is 0. The van der Waals surface area contributed by atoms with Crippen molar-refractivity contribution < 1.29 is 14.3 Å². The molecule has 166 valence electrons. The zero-order valence-corrected chi connectivity index (χ0v) is 18.2. The van der Waals surface area contributed by atoms with Crippen molar-refractivity contribution in [1.82, 2.24) is 14.7 Å². The first-order chi connectivity index (χ1) is 14.6. The molecule has 2 saturated carbocycles. The highest BCUT2D eigenvalue weighted by Gasteiger charge is 2.33. The van der Waals surface area contributed by atoms with E-state index in [0.717, 1.165) is 64.2 Å². The molecule has 1 amide bonds. The van der Waals surface area contributed by atoms with Crippen LogP contribution in [0.4, 0.5) is 0 Å². The minimum Gasteiger partial charge on any atom is -0.451 e. The van der Waals surface area contributed by atoms with Gasteiger partial charge >= 0.3 is 5.97 Å². The molecule has 0 bridgehead atoms. The van der Waals surface area contributed by atoms with Crippen molar-refractivity contribution in [3.05, 3.63) is 28.2 Å². The molecule has 2 fully saturated rings. The minimum atomic E-state index is -0.652. The third-order valence-electron chi connectivity index (χ3n) is 6.35. The SMILES string of the molecule is CCCCn1nc(C(=O)OCC(=O)N(C2CCCCC2)C2CCCCC2)ccc1=O. The van der Waals surface area contributed by atoms with Gasteiger partial charge in [-0.1, -0.05) is 51.9 Å². The summed E-state index contributed by atoms with van der Waals surface area (Å²) in [6.07, 6.45) is 13.0.